The molecule has 3 aliphatic carbocycles. The first-order valence-corrected chi connectivity index (χ1v) is 12.2. The molecule has 0 aliphatic heterocycles. The summed E-state index contributed by atoms with van der Waals surface area (Å²) in [5.41, 5.74) is 2.57. The van der Waals surface area contributed by atoms with E-state index in [0.717, 1.165) is 12.5 Å². The van der Waals surface area contributed by atoms with Crippen LogP contribution < -0.4 is 5.73 Å². The maximum absolute atomic E-state index is 13.7. The van der Waals surface area contributed by atoms with Crippen LogP contribution in [0.1, 0.15) is 52.5 Å². The van der Waals surface area contributed by atoms with E-state index in [-0.39, 0.29) is 36.1 Å². The predicted molar refractivity (Wildman–Crippen MR) is 127 cm³/mol. The van der Waals surface area contributed by atoms with E-state index in [2.05, 4.69) is 0 Å². The van der Waals surface area contributed by atoms with Crippen LogP contribution in [0.25, 0.3) is 0 Å². The lowest BCUT2D eigenvalue weighted by Gasteiger charge is -2.52. The first-order valence-electron chi connectivity index (χ1n) is 12.2. The number of nitrogens with zero attached hydrogens (tertiary/aromatic N) is 1. The number of carbonyl (C=O) groups excluding carboxylic acids is 6. The number of nitrogens with two attached hydrogens (primary N) is 1. The van der Waals surface area contributed by atoms with Gasteiger partial charge in [0.2, 0.25) is 5.91 Å². The molecule has 0 bridgehead atoms. The minimum absolute atomic E-state index is 0.00154. The molecule has 2 fully saturated rings. The number of phenols is 1. The van der Waals surface area contributed by atoms with Gasteiger partial charge in [-0.25, -0.2) is 4.79 Å². The Morgan fingerprint density at radius 3 is 2.43 bits per heavy atom. The van der Waals surface area contributed by atoms with Crippen LogP contribution in [-0.4, -0.2) is 82.5 Å². The molecule has 0 saturated heterocycles. The van der Waals surface area contributed by atoms with Gasteiger partial charge in [0, 0.05) is 5.92 Å². The van der Waals surface area contributed by atoms with E-state index in [0.29, 0.717) is 6.42 Å². The van der Waals surface area contributed by atoms with Gasteiger partial charge in [-0.15, -0.1) is 0 Å². The summed E-state index contributed by atoms with van der Waals surface area (Å²) in [4.78, 5) is 79.9. The van der Waals surface area contributed by atoms with Crippen LogP contribution in [0.3, 0.4) is 0 Å². The zero-order valence-electron chi connectivity index (χ0n) is 20.9. The molecule has 0 aromatic heterocycles. The molecule has 1 aromatic carbocycles. The van der Waals surface area contributed by atoms with E-state index in [1.165, 1.54) is 25.1 Å². The third-order valence-electron chi connectivity index (χ3n) is 7.90. The first-order chi connectivity index (χ1) is 17.4. The number of Topliss-reactive ketones (excluding diaryl/α,β-unsaturated/α-hetero) is 4. The average Bonchev–Trinajstić information content (AvgIpc) is 2.81. The molecule has 11 heteroatoms. The number of primary amides is 1. The molecule has 198 valence electrons. The first kappa shape index (κ1) is 26.6. The van der Waals surface area contributed by atoms with E-state index in [9.17, 15) is 39.0 Å². The summed E-state index contributed by atoms with van der Waals surface area (Å²) >= 11 is 0. The highest BCUT2D eigenvalue weighted by Crippen LogP contribution is 2.51. The molecule has 1 aromatic rings. The minimum Gasteiger partial charge on any atom is -0.507 e. The summed E-state index contributed by atoms with van der Waals surface area (Å²) < 4.78 is 5.30. The largest absolute Gasteiger partial charge is 0.507 e. The van der Waals surface area contributed by atoms with Crippen LogP contribution in [0.5, 0.6) is 5.75 Å². The molecule has 1 amide bonds. The minimum atomic E-state index is -2.79. The number of carbonyl (C=O) groups is 6. The number of phenolic OH excluding ortho intramolecular Hbond substituents is 1. The highest BCUT2D eigenvalue weighted by Gasteiger charge is 2.69. The molecular formula is C26H30N2O9. The molecule has 11 nitrogen and oxygen atoms in total. The molecule has 0 radical (unpaired) electrons. The molecule has 4 unspecified atom stereocenters. The molecule has 0 spiro atoms. The molecule has 4 N–H and O–H groups in total. The Kier molecular flexibility index (Phi) is 6.80. The zero-order chi connectivity index (χ0) is 27.4. The fraction of sp³-hybridized carbons (Fsp3) is 0.538. The van der Waals surface area contributed by atoms with Gasteiger partial charge in [0.15, 0.2) is 34.7 Å². The molecule has 2 saturated carbocycles. The van der Waals surface area contributed by atoms with Crippen LogP contribution in [-0.2, 0) is 30.3 Å². The Bertz CT molecular complexity index is 1220. The number of aliphatic hydroxyl groups is 1. The number of amides is 1. The third kappa shape index (κ3) is 3.88. The monoisotopic (exact) mass is 514 g/mol. The molecule has 0 heterocycles. The Hall–Kier alpha value is -3.44. The average molecular weight is 515 g/mol. The quantitative estimate of drug-likeness (QED) is 0.262. The molecule has 4 rings (SSSR count). The summed E-state index contributed by atoms with van der Waals surface area (Å²) in [5.74, 6) is -12.1. The lowest BCUT2D eigenvalue weighted by atomic mass is 9.52. The maximum atomic E-state index is 13.7. The number of esters is 1. The number of ether oxygens (including phenoxy) is 1. The van der Waals surface area contributed by atoms with E-state index in [4.69, 9.17) is 10.5 Å². The van der Waals surface area contributed by atoms with Crippen molar-refractivity contribution in [3.05, 3.63) is 28.8 Å². The van der Waals surface area contributed by atoms with Gasteiger partial charge in [-0.1, -0.05) is 13.3 Å². The lowest BCUT2D eigenvalue weighted by Crippen LogP contribution is -2.74. The second-order valence-electron chi connectivity index (χ2n) is 10.3. The summed E-state index contributed by atoms with van der Waals surface area (Å²) in [7, 11) is 3.02. The van der Waals surface area contributed by atoms with Gasteiger partial charge < -0.3 is 20.7 Å². The zero-order valence-corrected chi connectivity index (χ0v) is 20.9. The van der Waals surface area contributed by atoms with Gasteiger partial charge >= 0.3 is 5.97 Å². The second-order valence-corrected chi connectivity index (χ2v) is 10.3. The SMILES string of the molecule is CCCCOC(=O)c1ccc(O)c2c1C[C@@H]1C[C@@H]3C(N(C)C)C(=O)C(C(N)=O)C(=O)C3(O)C(=O)C1C2=O. The van der Waals surface area contributed by atoms with Crippen molar-refractivity contribution in [2.24, 2.45) is 29.4 Å². The number of likely N-dealkylation sites (N-methyl/N-ethyl adjacent to an activating group) is 1. The van der Waals surface area contributed by atoms with E-state index >= 15 is 0 Å². The molecule has 6 atom stereocenters. The highest BCUT2D eigenvalue weighted by molar-refractivity contribution is 6.32. The second kappa shape index (κ2) is 9.46. The van der Waals surface area contributed by atoms with Gasteiger partial charge in [0.05, 0.1) is 29.7 Å². The lowest BCUT2D eigenvalue weighted by molar-refractivity contribution is -0.181. The van der Waals surface area contributed by atoms with E-state index in [1.807, 2.05) is 6.92 Å². The van der Waals surface area contributed by atoms with Crippen LogP contribution in [0, 0.1) is 23.7 Å². The highest BCUT2D eigenvalue weighted by atomic mass is 16.5. The van der Waals surface area contributed by atoms with E-state index < -0.39 is 76.1 Å². The summed E-state index contributed by atoms with van der Waals surface area (Å²) in [6.07, 6.45) is 1.35. The van der Waals surface area contributed by atoms with Crippen molar-refractivity contribution in [1.29, 1.82) is 0 Å². The van der Waals surface area contributed by atoms with Crippen LogP contribution in [0.15, 0.2) is 12.1 Å². The van der Waals surface area contributed by atoms with Crippen molar-refractivity contribution in [3.8, 4) is 5.75 Å². The van der Waals surface area contributed by atoms with Crippen molar-refractivity contribution < 1.29 is 43.7 Å². The summed E-state index contributed by atoms with van der Waals surface area (Å²) in [5, 5.41) is 22.1. The van der Waals surface area contributed by atoms with Crippen molar-refractivity contribution in [2.75, 3.05) is 20.7 Å². The van der Waals surface area contributed by atoms with Crippen molar-refractivity contribution >= 4 is 35.0 Å². The van der Waals surface area contributed by atoms with Crippen molar-refractivity contribution in [1.82, 2.24) is 4.90 Å². The Balaban J connectivity index is 1.81. The number of rotatable bonds is 6. The molecular weight excluding hydrogens is 484 g/mol. The summed E-state index contributed by atoms with van der Waals surface area (Å²) in [6.45, 7) is 2.11. The van der Waals surface area contributed by atoms with Gasteiger partial charge in [0.25, 0.3) is 0 Å². The van der Waals surface area contributed by atoms with Crippen LogP contribution >= 0.6 is 0 Å². The fourth-order valence-corrected chi connectivity index (χ4v) is 6.18. The van der Waals surface area contributed by atoms with Gasteiger partial charge in [0.1, 0.15) is 5.75 Å². The number of fused-ring (bicyclic) bond motifs is 3. The van der Waals surface area contributed by atoms with Crippen LogP contribution in [0.4, 0.5) is 0 Å². The van der Waals surface area contributed by atoms with E-state index in [1.54, 1.807) is 0 Å². The smallest absolute Gasteiger partial charge is 0.338 e. The Morgan fingerprint density at radius 2 is 1.84 bits per heavy atom. The molecule has 37 heavy (non-hydrogen) atoms. The van der Waals surface area contributed by atoms with Crippen molar-refractivity contribution in [3.63, 3.8) is 0 Å². The number of hydrogen-bond acceptors (Lipinski definition) is 10. The maximum Gasteiger partial charge on any atom is 0.338 e. The normalized spacial score (nSPS) is 31.0. The van der Waals surface area contributed by atoms with Gasteiger partial charge in [-0.2, -0.15) is 0 Å². The molecule has 3 aliphatic rings. The van der Waals surface area contributed by atoms with Gasteiger partial charge in [-0.3, -0.25) is 28.9 Å². The summed E-state index contributed by atoms with van der Waals surface area (Å²) in [6, 6.07) is 1.32. The van der Waals surface area contributed by atoms with Crippen LogP contribution in [0.2, 0.25) is 0 Å². The Labute approximate surface area is 212 Å². The number of aromatic hydroxyl groups is 1. The Morgan fingerprint density at radius 1 is 1.16 bits per heavy atom. The topological polar surface area (TPSA) is 181 Å². The number of hydrogen-bond donors (Lipinski definition) is 3. The van der Waals surface area contributed by atoms with Gasteiger partial charge in [-0.05, 0) is 57.0 Å². The van der Waals surface area contributed by atoms with Crippen molar-refractivity contribution in [2.45, 2.75) is 44.2 Å². The fourth-order valence-electron chi connectivity index (χ4n) is 6.18. The number of unbranched alkanes of at least 4 members (excludes halogenated alkanes) is 1. The standard InChI is InChI=1S/C26H30N2O9/c1-4-5-8-37-25(35)12-6-7-15(29)17-13(12)9-11-10-14-19(28(2)3)21(31)18(24(27)34)23(33)26(14,36)22(32)16(11)20(17)30/h6-7,11,14,16,18-19,29,36H,4-5,8-10H2,1-3H3,(H2,27,34)/t11-,14-,16?,18?,19?,26?/m1/s1. The predicted octanol–water partition coefficient (Wildman–Crippen LogP) is -0.176. The number of ketones is 4. The number of benzene rings is 1. The third-order valence-corrected chi connectivity index (χ3v) is 7.90.